The van der Waals surface area contributed by atoms with Gasteiger partial charge in [0, 0.05) is 11.6 Å². The molecule has 0 saturated carbocycles. The third kappa shape index (κ3) is 5.56. The lowest BCUT2D eigenvalue weighted by Gasteiger charge is -2.14. The Balaban J connectivity index is 0.00000338. The first kappa shape index (κ1) is 21.6. The van der Waals surface area contributed by atoms with Gasteiger partial charge in [-0.2, -0.15) is 13.2 Å². The number of carbonyl (C=O) groups is 1. The molecule has 1 amide bonds. The number of methoxy groups -OCH3 is 1. The molecule has 2 rings (SSSR count). The van der Waals surface area contributed by atoms with Crippen LogP contribution in [0.4, 0.5) is 24.5 Å². The summed E-state index contributed by atoms with van der Waals surface area (Å²) in [6.45, 7) is 1.71. The minimum Gasteiger partial charge on any atom is -0.495 e. The van der Waals surface area contributed by atoms with Crippen LogP contribution in [0.25, 0.3) is 0 Å². The second-order valence-corrected chi connectivity index (χ2v) is 5.75. The van der Waals surface area contributed by atoms with E-state index in [1.807, 2.05) is 0 Å². The van der Waals surface area contributed by atoms with Crippen molar-refractivity contribution in [1.29, 1.82) is 0 Å². The lowest BCUT2D eigenvalue weighted by molar-refractivity contribution is -0.137. The van der Waals surface area contributed by atoms with Gasteiger partial charge >= 0.3 is 6.18 Å². The van der Waals surface area contributed by atoms with Crippen molar-refractivity contribution in [3.8, 4) is 5.75 Å². The molecule has 0 aliphatic rings. The Kier molecular flexibility index (Phi) is 7.32. The molecule has 0 radical (unpaired) electrons. The van der Waals surface area contributed by atoms with Crippen LogP contribution in [0.2, 0.25) is 0 Å². The van der Waals surface area contributed by atoms with E-state index >= 15 is 0 Å². The van der Waals surface area contributed by atoms with Gasteiger partial charge in [-0.15, -0.1) is 12.4 Å². The van der Waals surface area contributed by atoms with E-state index in [-0.39, 0.29) is 18.3 Å². The first-order valence-corrected chi connectivity index (χ1v) is 7.61. The zero-order valence-electron chi connectivity index (χ0n) is 14.3. The number of rotatable bonds is 5. The molecule has 142 valence electrons. The van der Waals surface area contributed by atoms with Crippen molar-refractivity contribution in [2.75, 3.05) is 18.2 Å². The first-order chi connectivity index (χ1) is 11.7. The second kappa shape index (κ2) is 8.80. The average Bonchev–Trinajstić information content (AvgIpc) is 2.54. The summed E-state index contributed by atoms with van der Waals surface area (Å²) in [4.78, 5) is 12.2. The van der Waals surface area contributed by atoms with Crippen molar-refractivity contribution >= 4 is 29.7 Å². The molecule has 0 bridgehead atoms. The number of halogens is 4. The van der Waals surface area contributed by atoms with Crippen molar-refractivity contribution in [1.82, 2.24) is 0 Å². The number of nitrogens with two attached hydrogens (primary N) is 1. The summed E-state index contributed by atoms with van der Waals surface area (Å²) in [5.74, 6) is -0.152. The second-order valence-electron chi connectivity index (χ2n) is 5.75. The summed E-state index contributed by atoms with van der Waals surface area (Å²) in [5, 5.41) is 2.74. The Labute approximate surface area is 155 Å². The summed E-state index contributed by atoms with van der Waals surface area (Å²) in [6, 6.07) is 9.70. The van der Waals surface area contributed by atoms with Gasteiger partial charge in [-0.3, -0.25) is 4.79 Å². The number of amides is 1. The van der Waals surface area contributed by atoms with Gasteiger partial charge in [-0.25, -0.2) is 0 Å². The third-order valence-corrected chi connectivity index (χ3v) is 3.77. The van der Waals surface area contributed by atoms with Crippen LogP contribution in [-0.4, -0.2) is 13.0 Å². The molecule has 26 heavy (non-hydrogen) atoms. The number of ether oxygens (including phenoxy) is 1. The van der Waals surface area contributed by atoms with Crippen molar-refractivity contribution in [3.63, 3.8) is 0 Å². The zero-order chi connectivity index (χ0) is 18.6. The van der Waals surface area contributed by atoms with Crippen molar-refractivity contribution < 1.29 is 22.7 Å². The maximum absolute atomic E-state index is 12.6. The highest BCUT2D eigenvalue weighted by molar-refractivity contribution is 5.93. The van der Waals surface area contributed by atoms with Gasteiger partial charge in [0.1, 0.15) is 5.75 Å². The fourth-order valence-corrected chi connectivity index (χ4v) is 2.35. The number of hydrogen-bond donors (Lipinski definition) is 2. The Bertz CT molecular complexity index is 749. The highest BCUT2D eigenvalue weighted by Gasteiger charge is 2.30. The minimum atomic E-state index is -4.37. The van der Waals surface area contributed by atoms with E-state index in [4.69, 9.17) is 10.5 Å². The summed E-state index contributed by atoms with van der Waals surface area (Å²) < 4.78 is 42.7. The Morgan fingerprint density at radius 2 is 1.81 bits per heavy atom. The summed E-state index contributed by atoms with van der Waals surface area (Å²) in [6.07, 6.45) is -4.04. The topological polar surface area (TPSA) is 64.3 Å². The molecular weight excluding hydrogens is 369 g/mol. The van der Waals surface area contributed by atoms with E-state index in [1.165, 1.54) is 19.2 Å². The van der Waals surface area contributed by atoms with Crippen LogP contribution < -0.4 is 15.8 Å². The van der Waals surface area contributed by atoms with Crippen LogP contribution in [0.15, 0.2) is 42.5 Å². The number of nitrogens with one attached hydrogen (secondary N) is 1. The molecule has 1 atom stereocenters. The van der Waals surface area contributed by atoms with Crippen molar-refractivity contribution in [3.05, 3.63) is 53.6 Å². The number of benzene rings is 2. The van der Waals surface area contributed by atoms with Crippen LogP contribution in [0.1, 0.15) is 18.1 Å². The monoisotopic (exact) mass is 388 g/mol. The number of carbonyl (C=O) groups excluding carboxylic acids is 1. The molecule has 0 spiro atoms. The number of nitrogen functional groups attached to an aromatic ring is 1. The van der Waals surface area contributed by atoms with E-state index in [2.05, 4.69) is 5.32 Å². The van der Waals surface area contributed by atoms with Gasteiger partial charge in [0.2, 0.25) is 5.91 Å². The lowest BCUT2D eigenvalue weighted by Crippen LogP contribution is -2.22. The fraction of sp³-hybridized carbons (Fsp3) is 0.278. The van der Waals surface area contributed by atoms with Gasteiger partial charge in [-0.05, 0) is 42.3 Å². The smallest absolute Gasteiger partial charge is 0.416 e. The third-order valence-electron chi connectivity index (χ3n) is 3.77. The van der Waals surface area contributed by atoms with Crippen LogP contribution in [0.5, 0.6) is 5.75 Å². The molecule has 2 aromatic carbocycles. The van der Waals surface area contributed by atoms with Gasteiger partial charge < -0.3 is 15.8 Å². The van der Waals surface area contributed by atoms with Crippen LogP contribution in [-0.2, 0) is 17.4 Å². The van der Waals surface area contributed by atoms with Gasteiger partial charge in [0.05, 0.1) is 18.4 Å². The largest absolute Gasteiger partial charge is 0.495 e. The van der Waals surface area contributed by atoms with Gasteiger partial charge in [-0.1, -0.05) is 19.1 Å². The molecule has 0 aliphatic heterocycles. The minimum absolute atomic E-state index is 0. The van der Waals surface area contributed by atoms with Crippen molar-refractivity contribution in [2.45, 2.75) is 19.5 Å². The van der Waals surface area contributed by atoms with E-state index in [1.54, 1.807) is 25.1 Å². The first-order valence-electron chi connectivity index (χ1n) is 7.61. The van der Waals surface area contributed by atoms with Crippen LogP contribution in [0.3, 0.4) is 0 Å². The molecular formula is C18H20ClF3N2O2. The predicted molar refractivity (Wildman–Crippen MR) is 97.6 cm³/mol. The molecule has 0 heterocycles. The van der Waals surface area contributed by atoms with Crippen LogP contribution in [0, 0.1) is 5.92 Å². The summed E-state index contributed by atoms with van der Waals surface area (Å²) in [7, 11) is 1.50. The molecule has 0 aliphatic carbocycles. The molecule has 4 nitrogen and oxygen atoms in total. The maximum atomic E-state index is 12.6. The molecule has 0 fully saturated rings. The number of anilines is 2. The zero-order valence-corrected chi connectivity index (χ0v) is 15.1. The van der Waals surface area contributed by atoms with Gasteiger partial charge in [0.25, 0.3) is 0 Å². The molecule has 1 unspecified atom stereocenters. The highest BCUT2D eigenvalue weighted by atomic mass is 35.5. The van der Waals surface area contributed by atoms with Gasteiger partial charge in [0.15, 0.2) is 0 Å². The Hall–Kier alpha value is -2.41. The normalized spacial score (nSPS) is 12.0. The number of alkyl halides is 3. The molecule has 0 saturated heterocycles. The fourth-order valence-electron chi connectivity index (χ4n) is 2.35. The molecule has 2 aromatic rings. The SMILES string of the molecule is COc1ccc(NC(=O)C(C)Cc2ccc(C(F)(F)F)cc2)cc1N.Cl. The predicted octanol–water partition coefficient (Wildman–Crippen LogP) is 4.54. The summed E-state index contributed by atoms with van der Waals surface area (Å²) in [5.41, 5.74) is 6.67. The Morgan fingerprint density at radius 1 is 1.19 bits per heavy atom. The lowest BCUT2D eigenvalue weighted by atomic mass is 9.99. The van der Waals surface area contributed by atoms with E-state index in [0.717, 1.165) is 12.1 Å². The van der Waals surface area contributed by atoms with Crippen LogP contribution >= 0.6 is 12.4 Å². The van der Waals surface area contributed by atoms with E-state index < -0.39 is 17.7 Å². The van der Waals surface area contributed by atoms with Crippen molar-refractivity contribution in [2.24, 2.45) is 5.92 Å². The molecule has 8 heteroatoms. The highest BCUT2D eigenvalue weighted by Crippen LogP contribution is 2.29. The maximum Gasteiger partial charge on any atom is 0.416 e. The summed E-state index contributed by atoms with van der Waals surface area (Å²) >= 11 is 0. The van der Waals surface area contributed by atoms with E-state index in [9.17, 15) is 18.0 Å². The average molecular weight is 389 g/mol. The Morgan fingerprint density at radius 3 is 2.31 bits per heavy atom. The standard InChI is InChI=1S/C18H19F3N2O2.ClH/c1-11(9-12-3-5-13(6-4-12)18(19,20)21)17(24)23-14-7-8-16(25-2)15(22)10-14;/h3-8,10-11H,9,22H2,1-2H3,(H,23,24);1H. The van der Waals surface area contributed by atoms with E-state index in [0.29, 0.717) is 29.1 Å². The molecule has 3 N–H and O–H groups in total. The number of hydrogen-bond acceptors (Lipinski definition) is 3. The quantitative estimate of drug-likeness (QED) is 0.739. The molecule has 0 aromatic heterocycles.